The first-order valence-corrected chi connectivity index (χ1v) is 7.51. The summed E-state index contributed by atoms with van der Waals surface area (Å²) in [4.78, 5) is 12.4. The molecule has 3 rings (SSSR count). The Morgan fingerprint density at radius 2 is 2.05 bits per heavy atom. The van der Waals surface area contributed by atoms with Crippen LogP contribution < -0.4 is 10.6 Å². The maximum absolute atomic E-state index is 12.4. The lowest BCUT2D eigenvalue weighted by Crippen LogP contribution is -2.32. The third-order valence-electron chi connectivity index (χ3n) is 4.20. The molecule has 1 aliphatic heterocycles. The van der Waals surface area contributed by atoms with E-state index in [1.807, 2.05) is 48.3 Å². The van der Waals surface area contributed by atoms with Crippen LogP contribution in [0.1, 0.15) is 35.1 Å². The minimum Gasteiger partial charge on any atom is -0.353 e. The molecule has 0 aliphatic carbocycles. The van der Waals surface area contributed by atoms with Crippen molar-refractivity contribution in [2.24, 2.45) is 7.05 Å². The molecule has 1 saturated heterocycles. The summed E-state index contributed by atoms with van der Waals surface area (Å²) in [6.45, 7) is 2.60. The smallest absolute Gasteiger partial charge is 0.268 e. The van der Waals surface area contributed by atoms with Crippen molar-refractivity contribution in [1.29, 1.82) is 0 Å². The predicted molar refractivity (Wildman–Crippen MR) is 82.2 cm³/mol. The Hall–Kier alpha value is -2.01. The van der Waals surface area contributed by atoms with Crippen LogP contribution in [0.3, 0.4) is 0 Å². The molecule has 2 aromatic heterocycles. The van der Waals surface area contributed by atoms with Crippen molar-refractivity contribution in [2.45, 2.75) is 25.4 Å². The van der Waals surface area contributed by atoms with Crippen molar-refractivity contribution in [3.63, 3.8) is 0 Å². The average Bonchev–Trinajstić information content (AvgIpc) is 3.15. The summed E-state index contributed by atoms with van der Waals surface area (Å²) in [5.74, 6) is -0.000248. The Morgan fingerprint density at radius 1 is 1.29 bits per heavy atom. The molecule has 0 bridgehead atoms. The van der Waals surface area contributed by atoms with E-state index in [2.05, 4.69) is 15.2 Å². The van der Waals surface area contributed by atoms with Crippen LogP contribution in [0, 0.1) is 0 Å². The van der Waals surface area contributed by atoms with Crippen LogP contribution >= 0.6 is 0 Å². The molecule has 3 heterocycles. The van der Waals surface area contributed by atoms with Gasteiger partial charge >= 0.3 is 0 Å². The van der Waals surface area contributed by atoms with Crippen molar-refractivity contribution in [3.8, 4) is 0 Å². The fraction of sp³-hybridized carbons (Fsp3) is 0.438. The monoisotopic (exact) mass is 286 g/mol. The number of aromatic nitrogens is 2. The predicted octanol–water partition coefficient (Wildman–Crippen LogP) is 1.68. The van der Waals surface area contributed by atoms with E-state index in [1.165, 1.54) is 0 Å². The third-order valence-corrected chi connectivity index (χ3v) is 4.20. The second-order valence-corrected chi connectivity index (χ2v) is 5.57. The van der Waals surface area contributed by atoms with Crippen LogP contribution in [0.25, 0.3) is 0 Å². The molecular formula is C16H22N4O. The van der Waals surface area contributed by atoms with Crippen molar-refractivity contribution >= 4 is 5.91 Å². The van der Waals surface area contributed by atoms with Gasteiger partial charge in [-0.1, -0.05) is 0 Å². The van der Waals surface area contributed by atoms with Gasteiger partial charge in [-0.15, -0.1) is 0 Å². The Morgan fingerprint density at radius 3 is 2.76 bits per heavy atom. The van der Waals surface area contributed by atoms with Gasteiger partial charge in [0.15, 0.2) is 0 Å². The lowest BCUT2D eigenvalue weighted by atomic mass is 10.1. The largest absolute Gasteiger partial charge is 0.353 e. The second-order valence-electron chi connectivity index (χ2n) is 5.57. The highest BCUT2D eigenvalue weighted by molar-refractivity contribution is 5.92. The fourth-order valence-corrected chi connectivity index (χ4v) is 2.93. The van der Waals surface area contributed by atoms with E-state index >= 15 is 0 Å². The number of rotatable bonds is 4. The quantitative estimate of drug-likeness (QED) is 0.898. The second kappa shape index (κ2) is 6.18. The van der Waals surface area contributed by atoms with Crippen LogP contribution in [-0.2, 0) is 13.6 Å². The molecule has 0 saturated carbocycles. The topological polar surface area (TPSA) is 51.0 Å². The van der Waals surface area contributed by atoms with Gasteiger partial charge in [-0.3, -0.25) is 4.79 Å². The Balaban J connectivity index is 1.67. The Labute approximate surface area is 125 Å². The molecule has 1 amide bonds. The standard InChI is InChI=1S/C16H22N4O/c1-19-10-2-4-14(19)12-18-16(21)15-5-3-11-20(15)13-6-8-17-9-7-13/h2-5,10-11,13,17H,6-9,12H2,1H3,(H,18,21). The van der Waals surface area contributed by atoms with Crippen molar-refractivity contribution in [1.82, 2.24) is 19.8 Å². The number of piperidine rings is 1. The summed E-state index contributed by atoms with van der Waals surface area (Å²) in [5, 5.41) is 6.37. The van der Waals surface area contributed by atoms with Gasteiger partial charge in [-0.2, -0.15) is 0 Å². The molecule has 2 aromatic rings. The molecule has 112 valence electrons. The van der Waals surface area contributed by atoms with Gasteiger partial charge in [0.05, 0.1) is 6.54 Å². The number of hydrogen-bond acceptors (Lipinski definition) is 2. The minimum absolute atomic E-state index is 0.000248. The minimum atomic E-state index is -0.000248. The molecule has 0 atom stereocenters. The summed E-state index contributed by atoms with van der Waals surface area (Å²) in [5.41, 5.74) is 1.86. The molecule has 1 aliphatic rings. The first kappa shape index (κ1) is 13.9. The van der Waals surface area contributed by atoms with E-state index in [9.17, 15) is 4.79 Å². The maximum Gasteiger partial charge on any atom is 0.268 e. The number of carbonyl (C=O) groups is 1. The number of amides is 1. The molecule has 0 radical (unpaired) electrons. The molecular weight excluding hydrogens is 264 g/mol. The lowest BCUT2D eigenvalue weighted by molar-refractivity contribution is 0.0937. The number of hydrogen-bond donors (Lipinski definition) is 2. The van der Waals surface area contributed by atoms with E-state index in [-0.39, 0.29) is 5.91 Å². The third kappa shape index (κ3) is 3.03. The number of nitrogens with zero attached hydrogens (tertiary/aromatic N) is 2. The van der Waals surface area contributed by atoms with Gasteiger partial charge in [-0.25, -0.2) is 0 Å². The van der Waals surface area contributed by atoms with E-state index < -0.39 is 0 Å². The summed E-state index contributed by atoms with van der Waals surface area (Å²) in [7, 11) is 1.99. The number of carbonyl (C=O) groups excluding carboxylic acids is 1. The summed E-state index contributed by atoms with van der Waals surface area (Å²) in [6, 6.07) is 8.30. The molecule has 0 aromatic carbocycles. The van der Waals surface area contributed by atoms with Gasteiger partial charge in [0, 0.05) is 31.2 Å². The van der Waals surface area contributed by atoms with Crippen LogP contribution in [-0.4, -0.2) is 28.1 Å². The van der Waals surface area contributed by atoms with Crippen LogP contribution in [0.4, 0.5) is 0 Å². The van der Waals surface area contributed by atoms with Gasteiger partial charge in [0.2, 0.25) is 0 Å². The summed E-state index contributed by atoms with van der Waals surface area (Å²) in [6.07, 6.45) is 6.16. The zero-order valence-electron chi connectivity index (χ0n) is 12.4. The molecule has 0 unspecified atom stereocenters. The summed E-state index contributed by atoms with van der Waals surface area (Å²) < 4.78 is 4.15. The van der Waals surface area contributed by atoms with E-state index in [1.54, 1.807) is 0 Å². The molecule has 5 heteroatoms. The Bertz CT molecular complexity index is 607. The van der Waals surface area contributed by atoms with Crippen molar-refractivity contribution in [2.75, 3.05) is 13.1 Å². The van der Waals surface area contributed by atoms with Gasteiger partial charge in [0.25, 0.3) is 5.91 Å². The van der Waals surface area contributed by atoms with Crippen molar-refractivity contribution in [3.05, 3.63) is 48.0 Å². The number of aryl methyl sites for hydroxylation is 1. The molecule has 5 nitrogen and oxygen atoms in total. The van der Waals surface area contributed by atoms with Crippen LogP contribution in [0.5, 0.6) is 0 Å². The van der Waals surface area contributed by atoms with Gasteiger partial charge in [0.1, 0.15) is 5.69 Å². The van der Waals surface area contributed by atoms with E-state index in [0.29, 0.717) is 12.6 Å². The van der Waals surface area contributed by atoms with Crippen LogP contribution in [0.15, 0.2) is 36.7 Å². The molecule has 1 fully saturated rings. The molecule has 2 N–H and O–H groups in total. The SMILES string of the molecule is Cn1cccc1CNC(=O)c1cccn1C1CCNCC1. The first-order chi connectivity index (χ1) is 10.3. The summed E-state index contributed by atoms with van der Waals surface area (Å²) >= 11 is 0. The van der Waals surface area contributed by atoms with E-state index in [4.69, 9.17) is 0 Å². The lowest BCUT2D eigenvalue weighted by Gasteiger charge is -2.25. The average molecular weight is 286 g/mol. The fourth-order valence-electron chi connectivity index (χ4n) is 2.93. The van der Waals surface area contributed by atoms with E-state index in [0.717, 1.165) is 37.3 Å². The van der Waals surface area contributed by atoms with Gasteiger partial charge < -0.3 is 19.8 Å². The molecule has 21 heavy (non-hydrogen) atoms. The zero-order valence-corrected chi connectivity index (χ0v) is 12.4. The highest BCUT2D eigenvalue weighted by Crippen LogP contribution is 2.21. The zero-order chi connectivity index (χ0) is 14.7. The van der Waals surface area contributed by atoms with Crippen molar-refractivity contribution < 1.29 is 4.79 Å². The molecule has 0 spiro atoms. The first-order valence-electron chi connectivity index (χ1n) is 7.51. The maximum atomic E-state index is 12.4. The number of nitrogens with one attached hydrogen (secondary N) is 2. The highest BCUT2D eigenvalue weighted by atomic mass is 16.1. The highest BCUT2D eigenvalue weighted by Gasteiger charge is 2.19. The van der Waals surface area contributed by atoms with Crippen LogP contribution in [0.2, 0.25) is 0 Å². The van der Waals surface area contributed by atoms with Gasteiger partial charge in [-0.05, 0) is 50.2 Å². The Kier molecular flexibility index (Phi) is 4.10. The normalized spacial score (nSPS) is 16.0.